The van der Waals surface area contributed by atoms with Crippen molar-refractivity contribution in [3.05, 3.63) is 71.4 Å². The number of hydrogen-bond acceptors (Lipinski definition) is 5. The van der Waals surface area contributed by atoms with Crippen LogP contribution < -0.4 is 4.74 Å². The van der Waals surface area contributed by atoms with Gasteiger partial charge in [0.05, 0.1) is 35.3 Å². The van der Waals surface area contributed by atoms with Gasteiger partial charge in [0, 0.05) is 19.1 Å². The number of hydrogen-bond donors (Lipinski definition) is 1. The Morgan fingerprint density at radius 1 is 1.03 bits per heavy atom. The standard InChI is InChI=1S/C29H41N3O3/c1-8-22(3)31(18-25(33)20-34-29(5,6)7)19-27-23(4)30-32(24-12-10-9-11-13-24)28(27)35-26-16-14-21(2)15-17-26/h9-17,22,25,33H,8,18-20H2,1-7H3/t22-,25-/m1/s1. The zero-order valence-corrected chi connectivity index (χ0v) is 22.3. The Bertz CT molecular complexity index is 1060. The van der Waals surface area contributed by atoms with E-state index in [1.54, 1.807) is 0 Å². The predicted octanol–water partition coefficient (Wildman–Crippen LogP) is 6.06. The van der Waals surface area contributed by atoms with Crippen molar-refractivity contribution in [2.75, 3.05) is 13.2 Å². The van der Waals surface area contributed by atoms with E-state index in [0.717, 1.165) is 29.1 Å². The lowest BCUT2D eigenvalue weighted by Crippen LogP contribution is -2.41. The summed E-state index contributed by atoms with van der Waals surface area (Å²) in [6.45, 7) is 15.9. The monoisotopic (exact) mass is 479 g/mol. The van der Waals surface area contributed by atoms with Crippen LogP contribution in [-0.2, 0) is 11.3 Å². The van der Waals surface area contributed by atoms with Crippen molar-refractivity contribution >= 4 is 0 Å². The molecule has 2 aromatic carbocycles. The Hall–Kier alpha value is -2.67. The van der Waals surface area contributed by atoms with Crippen molar-refractivity contribution in [3.63, 3.8) is 0 Å². The molecule has 0 saturated heterocycles. The first-order chi connectivity index (χ1) is 16.6. The Morgan fingerprint density at radius 3 is 2.29 bits per heavy atom. The van der Waals surface area contributed by atoms with E-state index in [2.05, 4.69) is 25.7 Å². The minimum absolute atomic E-state index is 0.269. The quantitative estimate of drug-likeness (QED) is 0.362. The fourth-order valence-electron chi connectivity index (χ4n) is 3.82. The highest BCUT2D eigenvalue weighted by molar-refractivity contribution is 5.43. The van der Waals surface area contributed by atoms with Crippen LogP contribution in [-0.4, -0.2) is 50.7 Å². The smallest absolute Gasteiger partial charge is 0.227 e. The predicted molar refractivity (Wildman–Crippen MR) is 141 cm³/mol. The SMILES string of the molecule is CC[C@@H](C)N(Cc1c(C)nn(-c2ccccc2)c1Oc1ccc(C)cc1)C[C@@H](O)COC(C)(C)C. The number of aliphatic hydroxyl groups is 1. The van der Waals surface area contributed by atoms with Crippen LogP contribution in [0.2, 0.25) is 0 Å². The van der Waals surface area contributed by atoms with Crippen LogP contribution in [0.15, 0.2) is 54.6 Å². The van der Waals surface area contributed by atoms with E-state index < -0.39 is 6.10 Å². The van der Waals surface area contributed by atoms with E-state index in [0.29, 0.717) is 25.6 Å². The summed E-state index contributed by atoms with van der Waals surface area (Å²) in [4.78, 5) is 2.29. The van der Waals surface area contributed by atoms with Crippen LogP contribution in [0, 0.1) is 13.8 Å². The van der Waals surface area contributed by atoms with E-state index in [4.69, 9.17) is 14.6 Å². The molecule has 3 rings (SSSR count). The average Bonchev–Trinajstić information content (AvgIpc) is 3.13. The molecule has 1 aromatic heterocycles. The molecule has 0 amide bonds. The summed E-state index contributed by atoms with van der Waals surface area (Å²) in [5.74, 6) is 1.47. The molecule has 0 fully saturated rings. The fourth-order valence-corrected chi connectivity index (χ4v) is 3.82. The zero-order valence-electron chi connectivity index (χ0n) is 22.3. The first-order valence-corrected chi connectivity index (χ1v) is 12.5. The first-order valence-electron chi connectivity index (χ1n) is 12.5. The van der Waals surface area contributed by atoms with Gasteiger partial charge in [-0.1, -0.05) is 42.8 Å². The number of para-hydroxylation sites is 1. The van der Waals surface area contributed by atoms with Crippen molar-refractivity contribution < 1.29 is 14.6 Å². The minimum Gasteiger partial charge on any atom is -0.439 e. The molecule has 6 heteroatoms. The number of aryl methyl sites for hydroxylation is 2. The molecule has 1 N–H and O–H groups in total. The molecule has 0 radical (unpaired) electrons. The summed E-state index contributed by atoms with van der Waals surface area (Å²) in [6.07, 6.45) is 0.376. The molecule has 190 valence electrons. The van der Waals surface area contributed by atoms with Gasteiger partial charge in [0.2, 0.25) is 5.88 Å². The van der Waals surface area contributed by atoms with Crippen molar-refractivity contribution in [2.24, 2.45) is 0 Å². The van der Waals surface area contributed by atoms with Gasteiger partial charge >= 0.3 is 0 Å². The molecule has 1 heterocycles. The Labute approximate surface area is 210 Å². The van der Waals surface area contributed by atoms with Crippen molar-refractivity contribution in [3.8, 4) is 17.3 Å². The molecular weight excluding hydrogens is 438 g/mol. The minimum atomic E-state index is -0.589. The molecule has 0 bridgehead atoms. The maximum atomic E-state index is 10.8. The molecule has 3 aromatic rings. The highest BCUT2D eigenvalue weighted by atomic mass is 16.5. The fraction of sp³-hybridized carbons (Fsp3) is 0.483. The average molecular weight is 480 g/mol. The summed E-state index contributed by atoms with van der Waals surface area (Å²) in [6, 6.07) is 18.4. The third kappa shape index (κ3) is 7.66. The molecule has 0 saturated carbocycles. The largest absolute Gasteiger partial charge is 0.439 e. The second-order valence-corrected chi connectivity index (χ2v) is 10.3. The topological polar surface area (TPSA) is 59.8 Å². The second-order valence-electron chi connectivity index (χ2n) is 10.3. The zero-order chi connectivity index (χ0) is 25.6. The highest BCUT2D eigenvalue weighted by Crippen LogP contribution is 2.32. The van der Waals surface area contributed by atoms with Gasteiger partial charge in [0.1, 0.15) is 5.75 Å². The number of ether oxygens (including phenoxy) is 2. The summed E-state index contributed by atoms with van der Waals surface area (Å²) >= 11 is 0. The summed E-state index contributed by atoms with van der Waals surface area (Å²) in [7, 11) is 0. The van der Waals surface area contributed by atoms with Gasteiger partial charge in [-0.3, -0.25) is 4.90 Å². The van der Waals surface area contributed by atoms with Crippen molar-refractivity contribution in [2.45, 2.75) is 79.2 Å². The van der Waals surface area contributed by atoms with Gasteiger partial charge in [0.15, 0.2) is 0 Å². The lowest BCUT2D eigenvalue weighted by Gasteiger charge is -2.31. The maximum absolute atomic E-state index is 10.8. The number of benzene rings is 2. The van der Waals surface area contributed by atoms with E-state index in [1.807, 2.05) is 87.0 Å². The van der Waals surface area contributed by atoms with E-state index in [9.17, 15) is 5.11 Å². The Kier molecular flexibility index (Phi) is 9.11. The molecule has 2 atom stereocenters. The molecule has 0 spiro atoms. The molecule has 0 aliphatic heterocycles. The number of aromatic nitrogens is 2. The van der Waals surface area contributed by atoms with Gasteiger partial charge in [-0.2, -0.15) is 5.10 Å². The Morgan fingerprint density at radius 2 is 1.69 bits per heavy atom. The van der Waals surface area contributed by atoms with Gasteiger partial charge < -0.3 is 14.6 Å². The summed E-state index contributed by atoms with van der Waals surface area (Å²) in [5, 5.41) is 15.6. The lowest BCUT2D eigenvalue weighted by molar-refractivity contribution is -0.0593. The van der Waals surface area contributed by atoms with Crippen LogP contribution in [0.1, 0.15) is 57.9 Å². The second kappa shape index (κ2) is 11.8. The van der Waals surface area contributed by atoms with E-state index in [1.165, 1.54) is 5.56 Å². The molecule has 0 aliphatic rings. The van der Waals surface area contributed by atoms with Crippen LogP contribution in [0.5, 0.6) is 11.6 Å². The van der Waals surface area contributed by atoms with Crippen molar-refractivity contribution in [1.29, 1.82) is 0 Å². The maximum Gasteiger partial charge on any atom is 0.227 e. The molecule has 0 aliphatic carbocycles. The number of rotatable bonds is 11. The highest BCUT2D eigenvalue weighted by Gasteiger charge is 2.25. The number of nitrogens with zero attached hydrogens (tertiary/aromatic N) is 3. The van der Waals surface area contributed by atoms with Gasteiger partial charge in [0.25, 0.3) is 0 Å². The van der Waals surface area contributed by atoms with Gasteiger partial charge in [-0.05, 0) is 72.2 Å². The first kappa shape index (κ1) is 26.9. The van der Waals surface area contributed by atoms with Gasteiger partial charge in [-0.15, -0.1) is 0 Å². The number of aliphatic hydroxyl groups excluding tert-OH is 1. The van der Waals surface area contributed by atoms with Crippen LogP contribution in [0.25, 0.3) is 5.69 Å². The van der Waals surface area contributed by atoms with Crippen LogP contribution in [0.4, 0.5) is 0 Å². The lowest BCUT2D eigenvalue weighted by atomic mass is 10.1. The van der Waals surface area contributed by atoms with Crippen LogP contribution in [0.3, 0.4) is 0 Å². The normalized spacial score (nSPS) is 13.7. The van der Waals surface area contributed by atoms with Crippen molar-refractivity contribution in [1.82, 2.24) is 14.7 Å². The van der Waals surface area contributed by atoms with Crippen LogP contribution >= 0.6 is 0 Å². The summed E-state index contributed by atoms with van der Waals surface area (Å²) in [5.41, 5.74) is 3.76. The van der Waals surface area contributed by atoms with E-state index in [-0.39, 0.29) is 11.6 Å². The molecule has 35 heavy (non-hydrogen) atoms. The molecular formula is C29H41N3O3. The van der Waals surface area contributed by atoms with E-state index >= 15 is 0 Å². The van der Waals surface area contributed by atoms with Gasteiger partial charge in [-0.25, -0.2) is 4.68 Å². The molecule has 6 nitrogen and oxygen atoms in total. The third-order valence-electron chi connectivity index (χ3n) is 6.10. The molecule has 0 unspecified atom stereocenters. The third-order valence-corrected chi connectivity index (χ3v) is 6.10. The summed E-state index contributed by atoms with van der Waals surface area (Å²) < 4.78 is 14.2. The Balaban J connectivity index is 1.94.